The molecule has 0 bridgehead atoms. The second kappa shape index (κ2) is 7.14. The Morgan fingerprint density at radius 3 is 2.58 bits per heavy atom. The Hall–Kier alpha value is -1.55. The van der Waals surface area contributed by atoms with Gasteiger partial charge in [-0.15, -0.1) is 0 Å². The number of amides is 1. The maximum Gasteiger partial charge on any atom is 0.260 e. The first kappa shape index (κ1) is 15.5. The number of carbonyl (C=O) groups excluding carboxylic acids is 1. The first-order chi connectivity index (χ1) is 8.97. The molecule has 0 spiro atoms. The highest BCUT2D eigenvalue weighted by Crippen LogP contribution is 2.25. The molecule has 0 aliphatic carbocycles. The van der Waals surface area contributed by atoms with Crippen molar-refractivity contribution in [2.75, 3.05) is 13.7 Å². The first-order valence-electron chi connectivity index (χ1n) is 6.70. The molecule has 0 saturated heterocycles. The van der Waals surface area contributed by atoms with Crippen LogP contribution in [0, 0.1) is 0 Å². The monoisotopic (exact) mass is 264 g/mol. The van der Waals surface area contributed by atoms with E-state index in [4.69, 9.17) is 10.5 Å². The van der Waals surface area contributed by atoms with Gasteiger partial charge in [0.05, 0.1) is 0 Å². The van der Waals surface area contributed by atoms with Crippen molar-refractivity contribution in [3.8, 4) is 5.75 Å². The van der Waals surface area contributed by atoms with Gasteiger partial charge >= 0.3 is 0 Å². The number of ether oxygens (including phenoxy) is 1. The number of para-hydroxylation sites is 1. The second-order valence-electron chi connectivity index (χ2n) is 4.94. The van der Waals surface area contributed by atoms with Gasteiger partial charge in [-0.1, -0.05) is 25.1 Å². The second-order valence-corrected chi connectivity index (χ2v) is 4.94. The molecule has 0 saturated carbocycles. The average Bonchev–Trinajstić information content (AvgIpc) is 2.43. The highest BCUT2D eigenvalue weighted by Gasteiger charge is 2.15. The zero-order chi connectivity index (χ0) is 14.4. The number of carbonyl (C=O) groups is 1. The van der Waals surface area contributed by atoms with Gasteiger partial charge in [0.15, 0.2) is 6.61 Å². The smallest absolute Gasteiger partial charge is 0.260 e. The van der Waals surface area contributed by atoms with Crippen molar-refractivity contribution >= 4 is 5.91 Å². The molecular weight excluding hydrogens is 240 g/mol. The van der Waals surface area contributed by atoms with E-state index in [0.29, 0.717) is 5.75 Å². The maximum atomic E-state index is 11.9. The molecule has 2 N–H and O–H groups in total. The Balaban J connectivity index is 2.70. The fraction of sp³-hybridized carbons (Fsp3) is 0.533. The van der Waals surface area contributed by atoms with Crippen molar-refractivity contribution in [1.82, 2.24) is 4.90 Å². The Labute approximate surface area is 115 Å². The summed E-state index contributed by atoms with van der Waals surface area (Å²) in [6.07, 6.45) is 0.834. The largest absolute Gasteiger partial charge is 0.483 e. The molecule has 0 fully saturated rings. The van der Waals surface area contributed by atoms with Crippen molar-refractivity contribution in [2.24, 2.45) is 5.73 Å². The molecule has 4 heteroatoms. The zero-order valence-electron chi connectivity index (χ0n) is 12.2. The van der Waals surface area contributed by atoms with Crippen LogP contribution in [0.5, 0.6) is 5.75 Å². The Kier molecular flexibility index (Phi) is 5.83. The Morgan fingerprint density at radius 1 is 1.37 bits per heavy atom. The van der Waals surface area contributed by atoms with Crippen LogP contribution in [0.25, 0.3) is 0 Å². The van der Waals surface area contributed by atoms with Gasteiger partial charge in [-0.05, 0) is 26.3 Å². The van der Waals surface area contributed by atoms with E-state index in [1.54, 1.807) is 11.9 Å². The van der Waals surface area contributed by atoms with Gasteiger partial charge in [-0.2, -0.15) is 0 Å². The minimum Gasteiger partial charge on any atom is -0.483 e. The van der Waals surface area contributed by atoms with Crippen LogP contribution in [0.3, 0.4) is 0 Å². The quantitative estimate of drug-likeness (QED) is 0.858. The van der Waals surface area contributed by atoms with Crippen LogP contribution < -0.4 is 10.5 Å². The normalized spacial score (nSPS) is 12.3. The fourth-order valence-corrected chi connectivity index (χ4v) is 1.67. The predicted octanol–water partition coefficient (Wildman–Crippen LogP) is 2.34. The number of rotatable bonds is 6. The lowest BCUT2D eigenvalue weighted by Crippen LogP contribution is -2.36. The van der Waals surface area contributed by atoms with Gasteiger partial charge in [0, 0.05) is 24.7 Å². The summed E-state index contributed by atoms with van der Waals surface area (Å²) < 4.78 is 5.62. The summed E-state index contributed by atoms with van der Waals surface area (Å²) in [7, 11) is 1.78. The summed E-state index contributed by atoms with van der Waals surface area (Å²) in [6.45, 7) is 6.01. The third-order valence-electron chi connectivity index (χ3n) is 3.28. The van der Waals surface area contributed by atoms with Crippen LogP contribution in [-0.2, 0) is 4.79 Å². The molecule has 19 heavy (non-hydrogen) atoms. The van der Waals surface area contributed by atoms with E-state index >= 15 is 0 Å². The zero-order valence-corrected chi connectivity index (χ0v) is 12.2. The van der Waals surface area contributed by atoms with Crippen molar-refractivity contribution < 1.29 is 9.53 Å². The van der Waals surface area contributed by atoms with Crippen LogP contribution >= 0.6 is 0 Å². The lowest BCUT2D eigenvalue weighted by molar-refractivity contribution is -0.133. The van der Waals surface area contributed by atoms with Crippen LogP contribution in [-0.4, -0.2) is 30.5 Å². The van der Waals surface area contributed by atoms with E-state index in [0.717, 1.165) is 12.0 Å². The topological polar surface area (TPSA) is 55.6 Å². The lowest BCUT2D eigenvalue weighted by Gasteiger charge is -2.22. The van der Waals surface area contributed by atoms with Crippen LogP contribution in [0.15, 0.2) is 24.3 Å². The molecule has 0 radical (unpaired) electrons. The van der Waals surface area contributed by atoms with Crippen molar-refractivity contribution in [2.45, 2.75) is 39.3 Å². The van der Waals surface area contributed by atoms with Crippen molar-refractivity contribution in [3.63, 3.8) is 0 Å². The summed E-state index contributed by atoms with van der Waals surface area (Å²) in [6, 6.07) is 7.73. The molecule has 0 aliphatic rings. The molecule has 106 valence electrons. The number of hydrogen-bond donors (Lipinski definition) is 1. The summed E-state index contributed by atoms with van der Waals surface area (Å²) in [5.74, 6) is 0.664. The van der Waals surface area contributed by atoms with E-state index < -0.39 is 0 Å². The van der Waals surface area contributed by atoms with Crippen LogP contribution in [0.1, 0.15) is 38.8 Å². The summed E-state index contributed by atoms with van der Waals surface area (Å²) >= 11 is 0. The summed E-state index contributed by atoms with van der Waals surface area (Å²) in [5.41, 5.74) is 6.98. The van der Waals surface area contributed by atoms with E-state index in [2.05, 4.69) is 0 Å². The number of hydrogen-bond acceptors (Lipinski definition) is 3. The Morgan fingerprint density at radius 2 is 2.00 bits per heavy atom. The predicted molar refractivity (Wildman–Crippen MR) is 77.1 cm³/mol. The number of benzene rings is 1. The minimum atomic E-state index is -0.0610. The summed E-state index contributed by atoms with van der Waals surface area (Å²) in [4.78, 5) is 13.5. The van der Waals surface area contributed by atoms with Crippen molar-refractivity contribution in [3.05, 3.63) is 29.8 Å². The molecule has 0 aromatic heterocycles. The van der Waals surface area contributed by atoms with E-state index in [-0.39, 0.29) is 24.6 Å². The molecule has 1 rings (SSSR count). The minimum absolute atomic E-state index is 0.0325. The molecule has 1 amide bonds. The molecule has 1 unspecified atom stereocenters. The lowest BCUT2D eigenvalue weighted by atomic mass is 10.0. The molecule has 0 heterocycles. The number of likely N-dealkylation sites (N-methyl/N-ethyl adjacent to an activating group) is 1. The van der Waals surface area contributed by atoms with Crippen LogP contribution in [0.2, 0.25) is 0 Å². The first-order valence-corrected chi connectivity index (χ1v) is 6.70. The van der Waals surface area contributed by atoms with Gasteiger partial charge in [0.25, 0.3) is 5.91 Å². The third-order valence-corrected chi connectivity index (χ3v) is 3.28. The van der Waals surface area contributed by atoms with E-state index in [9.17, 15) is 4.79 Å². The van der Waals surface area contributed by atoms with Crippen LogP contribution in [0.4, 0.5) is 0 Å². The van der Waals surface area contributed by atoms with Gasteiger partial charge < -0.3 is 15.4 Å². The van der Waals surface area contributed by atoms with Gasteiger partial charge in [-0.3, -0.25) is 4.79 Å². The number of nitrogens with two attached hydrogens (primary N) is 1. The van der Waals surface area contributed by atoms with E-state index in [1.807, 2.05) is 45.0 Å². The highest BCUT2D eigenvalue weighted by atomic mass is 16.5. The maximum absolute atomic E-state index is 11.9. The number of nitrogens with zero attached hydrogens (tertiary/aromatic N) is 1. The van der Waals surface area contributed by atoms with Gasteiger partial charge in [0.2, 0.25) is 0 Å². The molecule has 4 nitrogen and oxygen atoms in total. The summed E-state index contributed by atoms with van der Waals surface area (Å²) in [5, 5.41) is 0. The third kappa shape index (κ3) is 4.24. The fourth-order valence-electron chi connectivity index (χ4n) is 1.67. The molecule has 1 aromatic rings. The molecular formula is C15H24N2O2. The van der Waals surface area contributed by atoms with Gasteiger partial charge in [-0.25, -0.2) is 0 Å². The standard InChI is InChI=1S/C15H24N2O2/c1-5-13(16)12-8-6-7-9-14(12)19-10-15(18)17(4)11(2)3/h6-9,11,13H,5,10,16H2,1-4H3. The Bertz CT molecular complexity index is 418. The molecule has 0 aliphatic heterocycles. The highest BCUT2D eigenvalue weighted by molar-refractivity contribution is 5.77. The van der Waals surface area contributed by atoms with E-state index in [1.165, 1.54) is 0 Å². The molecule has 1 aromatic carbocycles. The van der Waals surface area contributed by atoms with Crippen molar-refractivity contribution in [1.29, 1.82) is 0 Å². The average molecular weight is 264 g/mol. The van der Waals surface area contributed by atoms with Gasteiger partial charge in [0.1, 0.15) is 5.75 Å². The molecule has 1 atom stereocenters. The SMILES string of the molecule is CCC(N)c1ccccc1OCC(=O)N(C)C(C)C.